The number of hydrogen-bond donors (Lipinski definition) is 1. The van der Waals surface area contributed by atoms with Gasteiger partial charge in [0.1, 0.15) is 0 Å². The molecule has 2 atom stereocenters. The fourth-order valence-corrected chi connectivity index (χ4v) is 3.15. The number of hydrogen-bond acceptors (Lipinski definition) is 6. The van der Waals surface area contributed by atoms with Crippen LogP contribution in [0.2, 0.25) is 5.02 Å². The molecule has 1 saturated heterocycles. The lowest BCUT2D eigenvalue weighted by Gasteiger charge is -2.28. The summed E-state index contributed by atoms with van der Waals surface area (Å²) in [5.74, 6) is 0. The van der Waals surface area contributed by atoms with E-state index < -0.39 is 10.2 Å². The molecule has 1 N–H and O–H groups in total. The molecule has 25 heavy (non-hydrogen) atoms. The average Bonchev–Trinajstić information content (AvgIpc) is 2.84. The van der Waals surface area contributed by atoms with Crippen LogP contribution in [0.25, 0.3) is 0 Å². The molecule has 0 amide bonds. The molecule has 6 nitrogen and oxygen atoms in total. The van der Waals surface area contributed by atoms with E-state index in [1.54, 1.807) is 0 Å². The first-order valence-corrected chi connectivity index (χ1v) is 9.20. The maximum Gasteiger partial charge on any atom is 0.0777 e. The summed E-state index contributed by atoms with van der Waals surface area (Å²) in [6.07, 6.45) is 1.10. The minimum Gasteiger partial charge on any atom is -0.237 e. The standard InChI is InChI=1S/C17H19ClN2.ClHO4/c1-19-16(13-6-4-3-5-7-13)12-17(20(19)2)14-8-10-15(18)11-9-14;2-1(3,4)5/h3-11,16-17H,12H2,1-2H3;(H,2,3,4,5). The molecule has 2 aromatic carbocycles. The summed E-state index contributed by atoms with van der Waals surface area (Å²) in [7, 11) is -0.379. The summed E-state index contributed by atoms with van der Waals surface area (Å²) in [6, 6.07) is 19.7. The first-order valence-electron chi connectivity index (χ1n) is 7.56. The molecule has 2 unspecified atom stereocenters. The van der Waals surface area contributed by atoms with Gasteiger partial charge in [-0.3, -0.25) is 0 Å². The Morgan fingerprint density at radius 2 is 1.28 bits per heavy atom. The molecule has 0 radical (unpaired) electrons. The van der Waals surface area contributed by atoms with Crippen LogP contribution in [0.3, 0.4) is 0 Å². The van der Waals surface area contributed by atoms with Gasteiger partial charge < -0.3 is 0 Å². The fraction of sp³-hybridized carbons (Fsp3) is 0.294. The molecule has 3 rings (SSSR count). The maximum absolute atomic E-state index is 8.60. The quantitative estimate of drug-likeness (QED) is 0.790. The SMILES string of the molecule is CN1C(c2ccccc2)CC(c2ccc(Cl)cc2)N1C.[O-][Cl+3]([O-])([O-])O. The van der Waals surface area contributed by atoms with Gasteiger partial charge in [0.05, 0.1) is 27.0 Å². The Hall–Kier alpha value is -1.22. The topological polar surface area (TPSA) is 95.9 Å². The van der Waals surface area contributed by atoms with Crippen molar-refractivity contribution in [1.82, 2.24) is 10.0 Å². The molecular weight excluding hydrogens is 367 g/mol. The largest absolute Gasteiger partial charge is 0.237 e. The van der Waals surface area contributed by atoms with Gasteiger partial charge in [-0.1, -0.05) is 54.1 Å². The Labute approximate surface area is 154 Å². The molecular formula is C17H20Cl2N2O4. The van der Waals surface area contributed by atoms with E-state index in [0.717, 1.165) is 11.4 Å². The van der Waals surface area contributed by atoms with Crippen LogP contribution in [0.1, 0.15) is 29.6 Å². The highest BCUT2D eigenvalue weighted by Crippen LogP contribution is 2.41. The molecule has 2 aromatic rings. The van der Waals surface area contributed by atoms with Crippen molar-refractivity contribution in [2.45, 2.75) is 18.5 Å². The minimum atomic E-state index is -4.69. The Morgan fingerprint density at radius 3 is 1.72 bits per heavy atom. The highest BCUT2D eigenvalue weighted by Gasteiger charge is 2.36. The van der Waals surface area contributed by atoms with E-state index in [4.69, 9.17) is 30.2 Å². The molecule has 0 saturated carbocycles. The lowest BCUT2D eigenvalue weighted by atomic mass is 9.97. The number of rotatable bonds is 2. The lowest BCUT2D eigenvalue weighted by Crippen LogP contribution is -2.58. The van der Waals surface area contributed by atoms with Crippen molar-refractivity contribution in [3.8, 4) is 0 Å². The van der Waals surface area contributed by atoms with Crippen molar-refractivity contribution in [2.24, 2.45) is 0 Å². The van der Waals surface area contributed by atoms with Gasteiger partial charge in [0, 0.05) is 19.1 Å². The molecule has 1 fully saturated rings. The first kappa shape index (κ1) is 20.1. The highest BCUT2D eigenvalue weighted by atomic mass is 35.7. The van der Waals surface area contributed by atoms with Crippen molar-refractivity contribution in [1.29, 1.82) is 0 Å². The number of halogens is 2. The van der Waals surface area contributed by atoms with Crippen molar-refractivity contribution in [3.63, 3.8) is 0 Å². The van der Waals surface area contributed by atoms with Gasteiger partial charge in [-0.05, 0) is 29.7 Å². The van der Waals surface area contributed by atoms with E-state index in [1.165, 1.54) is 11.1 Å². The minimum absolute atomic E-state index is 0.405. The highest BCUT2D eigenvalue weighted by molar-refractivity contribution is 6.30. The normalized spacial score (nSPS) is 21.7. The number of hydrazine groups is 1. The predicted octanol–water partition coefficient (Wildman–Crippen LogP) is 0.181. The van der Waals surface area contributed by atoms with Gasteiger partial charge in [-0.25, -0.2) is 10.0 Å². The second-order valence-electron chi connectivity index (χ2n) is 5.77. The van der Waals surface area contributed by atoms with E-state index in [-0.39, 0.29) is 0 Å². The maximum atomic E-state index is 8.60. The summed E-state index contributed by atoms with van der Waals surface area (Å²) < 4.78 is 32.7. The Bertz CT molecular complexity index is 659. The summed E-state index contributed by atoms with van der Waals surface area (Å²) in [5, 5.41) is 5.44. The van der Waals surface area contributed by atoms with Crippen LogP contribution in [0, 0.1) is 10.2 Å². The zero-order valence-electron chi connectivity index (χ0n) is 13.9. The number of nitrogens with zero attached hydrogens (tertiary/aromatic N) is 2. The van der Waals surface area contributed by atoms with Gasteiger partial charge in [-0.15, -0.1) is 0 Å². The van der Waals surface area contributed by atoms with Crippen LogP contribution >= 0.6 is 11.6 Å². The van der Waals surface area contributed by atoms with Gasteiger partial charge >= 0.3 is 0 Å². The smallest absolute Gasteiger partial charge is 0.0777 e. The predicted molar refractivity (Wildman–Crippen MR) is 85.7 cm³/mol. The van der Waals surface area contributed by atoms with Crippen LogP contribution in [-0.4, -0.2) is 28.8 Å². The van der Waals surface area contributed by atoms with Crippen LogP contribution in [0.15, 0.2) is 54.6 Å². The Balaban J connectivity index is 0.000000399. The average molecular weight is 387 g/mol. The molecule has 1 heterocycles. The molecule has 0 bridgehead atoms. The van der Waals surface area contributed by atoms with E-state index in [1.807, 2.05) is 12.1 Å². The molecule has 1 aliphatic rings. The van der Waals surface area contributed by atoms with E-state index in [2.05, 4.69) is 66.6 Å². The first-order chi connectivity index (χ1) is 11.7. The van der Waals surface area contributed by atoms with E-state index in [0.29, 0.717) is 12.1 Å². The number of benzene rings is 2. The molecule has 136 valence electrons. The third kappa shape index (κ3) is 5.91. The second-order valence-corrected chi connectivity index (χ2v) is 7.00. The van der Waals surface area contributed by atoms with Crippen molar-refractivity contribution in [2.75, 3.05) is 14.1 Å². The summed E-state index contributed by atoms with van der Waals surface area (Å²) in [5.41, 5.74) is 2.69. The zero-order valence-corrected chi connectivity index (χ0v) is 15.4. The molecule has 0 aliphatic carbocycles. The van der Waals surface area contributed by atoms with E-state index >= 15 is 0 Å². The van der Waals surface area contributed by atoms with Crippen LogP contribution in [0.4, 0.5) is 0 Å². The summed E-state index contributed by atoms with van der Waals surface area (Å²) in [6.45, 7) is 0. The monoisotopic (exact) mass is 386 g/mol. The van der Waals surface area contributed by atoms with Gasteiger partial charge in [0.2, 0.25) is 0 Å². The third-order valence-corrected chi connectivity index (χ3v) is 4.54. The Kier molecular flexibility index (Phi) is 6.79. The van der Waals surface area contributed by atoms with Crippen molar-refractivity contribution in [3.05, 3.63) is 70.7 Å². The van der Waals surface area contributed by atoms with Crippen LogP contribution in [0.5, 0.6) is 0 Å². The summed E-state index contributed by atoms with van der Waals surface area (Å²) >= 11 is 5.98. The molecule has 8 heteroatoms. The second kappa shape index (κ2) is 8.44. The van der Waals surface area contributed by atoms with Gasteiger partial charge in [-0.2, -0.15) is 14.0 Å². The third-order valence-electron chi connectivity index (χ3n) is 4.29. The van der Waals surface area contributed by atoms with Crippen LogP contribution < -0.4 is 14.0 Å². The molecule has 0 spiro atoms. The van der Waals surface area contributed by atoms with Gasteiger partial charge in [0.25, 0.3) is 0 Å². The lowest BCUT2D eigenvalue weighted by molar-refractivity contribution is -1.92. The van der Waals surface area contributed by atoms with Crippen molar-refractivity contribution >= 4 is 11.6 Å². The molecule has 0 aromatic heterocycles. The Morgan fingerprint density at radius 1 is 0.880 bits per heavy atom. The summed E-state index contributed by atoms with van der Waals surface area (Å²) in [4.78, 5) is 0. The fourth-order valence-electron chi connectivity index (χ4n) is 3.02. The zero-order chi connectivity index (χ0) is 18.6. The van der Waals surface area contributed by atoms with E-state index in [9.17, 15) is 0 Å². The van der Waals surface area contributed by atoms with Gasteiger partial charge in [0.15, 0.2) is 0 Å². The molecule has 1 aliphatic heterocycles. The van der Waals surface area contributed by atoms with Crippen molar-refractivity contribution < 1.29 is 28.9 Å². The van der Waals surface area contributed by atoms with Crippen LogP contribution in [-0.2, 0) is 0 Å².